The number of hydrogen-bond acceptors (Lipinski definition) is 3. The molecule has 0 saturated heterocycles. The van der Waals surface area contributed by atoms with Gasteiger partial charge in [0.1, 0.15) is 18.0 Å². The van der Waals surface area contributed by atoms with Crippen LogP contribution in [0.25, 0.3) is 22.2 Å². The number of fused-ring (bicyclic) bond motifs is 1. The summed E-state index contributed by atoms with van der Waals surface area (Å²) in [5.41, 5.74) is 2.89. The van der Waals surface area contributed by atoms with Crippen molar-refractivity contribution in [1.82, 2.24) is 19.7 Å². The number of pyridine rings is 1. The van der Waals surface area contributed by atoms with Crippen LogP contribution in [-0.4, -0.2) is 26.4 Å². The number of aromatic amines is 1. The first-order valence-corrected chi connectivity index (χ1v) is 5.80. The molecule has 3 aromatic heterocycles. The second kappa shape index (κ2) is 4.50. The van der Waals surface area contributed by atoms with Gasteiger partial charge in [0, 0.05) is 36.0 Å². The summed E-state index contributed by atoms with van der Waals surface area (Å²) in [5.74, 6) is 3.10. The highest BCUT2D eigenvalue weighted by Crippen LogP contribution is 2.29. The molecule has 94 valence electrons. The van der Waals surface area contributed by atoms with Crippen molar-refractivity contribution in [3.8, 4) is 29.2 Å². The Balaban J connectivity index is 2.08. The summed E-state index contributed by atoms with van der Waals surface area (Å²) in [6.45, 7) is 0.236. The maximum atomic E-state index is 5.40. The molecule has 3 rings (SSSR count). The Morgan fingerprint density at radius 3 is 3.11 bits per heavy atom. The third kappa shape index (κ3) is 2.04. The molecule has 0 aliphatic heterocycles. The van der Waals surface area contributed by atoms with Gasteiger partial charge >= 0.3 is 0 Å². The molecule has 0 radical (unpaired) electrons. The number of rotatable bonds is 3. The van der Waals surface area contributed by atoms with Gasteiger partial charge in [-0.25, -0.2) is 4.98 Å². The third-order valence-corrected chi connectivity index (χ3v) is 2.84. The monoisotopic (exact) mass is 252 g/mol. The fourth-order valence-corrected chi connectivity index (χ4v) is 1.99. The zero-order chi connectivity index (χ0) is 13.2. The van der Waals surface area contributed by atoms with Crippen LogP contribution in [0.4, 0.5) is 0 Å². The quantitative estimate of drug-likeness (QED) is 0.725. The number of ether oxygens (including phenoxy) is 1. The minimum Gasteiger partial charge on any atom is -0.479 e. The van der Waals surface area contributed by atoms with E-state index in [1.54, 1.807) is 10.9 Å². The Bertz CT molecular complexity index is 763. The van der Waals surface area contributed by atoms with Crippen LogP contribution in [0.2, 0.25) is 0 Å². The zero-order valence-electron chi connectivity index (χ0n) is 10.4. The normalized spacial score (nSPS) is 10.5. The molecule has 0 atom stereocenters. The van der Waals surface area contributed by atoms with Crippen molar-refractivity contribution in [1.29, 1.82) is 0 Å². The summed E-state index contributed by atoms with van der Waals surface area (Å²) < 4.78 is 7.16. The van der Waals surface area contributed by atoms with Gasteiger partial charge in [-0.2, -0.15) is 5.10 Å². The molecule has 5 nitrogen and oxygen atoms in total. The smallest absolute Gasteiger partial charge is 0.148 e. The van der Waals surface area contributed by atoms with Gasteiger partial charge in [-0.05, 0) is 6.07 Å². The van der Waals surface area contributed by atoms with Gasteiger partial charge < -0.3 is 9.72 Å². The van der Waals surface area contributed by atoms with E-state index in [4.69, 9.17) is 11.2 Å². The lowest BCUT2D eigenvalue weighted by Gasteiger charge is -2.02. The van der Waals surface area contributed by atoms with Crippen molar-refractivity contribution in [3.63, 3.8) is 0 Å². The highest BCUT2D eigenvalue weighted by molar-refractivity contribution is 5.93. The summed E-state index contributed by atoms with van der Waals surface area (Å²) >= 11 is 0. The van der Waals surface area contributed by atoms with E-state index in [1.165, 1.54) is 0 Å². The highest BCUT2D eigenvalue weighted by Gasteiger charge is 2.09. The van der Waals surface area contributed by atoms with E-state index in [-0.39, 0.29) is 6.61 Å². The largest absolute Gasteiger partial charge is 0.479 e. The number of terminal acetylenes is 1. The maximum absolute atomic E-state index is 5.40. The molecule has 0 bridgehead atoms. The molecule has 19 heavy (non-hydrogen) atoms. The van der Waals surface area contributed by atoms with Gasteiger partial charge in [-0.15, -0.1) is 6.42 Å². The molecule has 1 N–H and O–H groups in total. The Morgan fingerprint density at radius 1 is 1.47 bits per heavy atom. The van der Waals surface area contributed by atoms with Gasteiger partial charge in [0.15, 0.2) is 0 Å². The van der Waals surface area contributed by atoms with Crippen LogP contribution < -0.4 is 4.74 Å². The van der Waals surface area contributed by atoms with Gasteiger partial charge in [0.25, 0.3) is 0 Å². The van der Waals surface area contributed by atoms with E-state index in [0.29, 0.717) is 5.75 Å². The molecule has 0 aliphatic rings. The fraction of sp³-hybridized carbons (Fsp3) is 0.143. The maximum Gasteiger partial charge on any atom is 0.148 e. The van der Waals surface area contributed by atoms with Crippen molar-refractivity contribution < 1.29 is 4.74 Å². The zero-order valence-corrected chi connectivity index (χ0v) is 10.4. The highest BCUT2D eigenvalue weighted by atomic mass is 16.5. The third-order valence-electron chi connectivity index (χ3n) is 2.84. The lowest BCUT2D eigenvalue weighted by atomic mass is 10.1. The van der Waals surface area contributed by atoms with E-state index in [2.05, 4.69) is 21.0 Å². The van der Waals surface area contributed by atoms with Gasteiger partial charge in [0.05, 0.1) is 12.4 Å². The molecular weight excluding hydrogens is 240 g/mol. The minimum atomic E-state index is 0.236. The number of nitrogens with zero attached hydrogens (tertiary/aromatic N) is 3. The van der Waals surface area contributed by atoms with Crippen molar-refractivity contribution in [2.75, 3.05) is 6.61 Å². The van der Waals surface area contributed by atoms with E-state index in [9.17, 15) is 0 Å². The van der Waals surface area contributed by atoms with Crippen molar-refractivity contribution >= 4 is 11.0 Å². The molecule has 0 aromatic carbocycles. The van der Waals surface area contributed by atoms with E-state index >= 15 is 0 Å². The predicted molar refractivity (Wildman–Crippen MR) is 72.6 cm³/mol. The molecule has 5 heteroatoms. The number of aromatic nitrogens is 4. The van der Waals surface area contributed by atoms with Crippen molar-refractivity contribution in [3.05, 3.63) is 30.9 Å². The Kier molecular flexibility index (Phi) is 2.69. The Labute approximate surface area is 110 Å². The minimum absolute atomic E-state index is 0.236. The molecule has 3 aromatic rings. The molecule has 0 spiro atoms. The van der Waals surface area contributed by atoms with Crippen LogP contribution in [0, 0.1) is 12.3 Å². The lowest BCUT2D eigenvalue weighted by molar-refractivity contribution is 0.369. The molecule has 3 heterocycles. The molecule has 0 fully saturated rings. The summed E-state index contributed by atoms with van der Waals surface area (Å²) in [5, 5.41) is 5.16. The Morgan fingerprint density at radius 2 is 2.37 bits per heavy atom. The van der Waals surface area contributed by atoms with Crippen molar-refractivity contribution in [2.24, 2.45) is 7.05 Å². The van der Waals surface area contributed by atoms with E-state index < -0.39 is 0 Å². The average molecular weight is 252 g/mol. The summed E-state index contributed by atoms with van der Waals surface area (Å²) in [7, 11) is 1.89. The van der Waals surface area contributed by atoms with Crippen LogP contribution in [0.1, 0.15) is 0 Å². The molecule has 0 unspecified atom stereocenters. The topological polar surface area (TPSA) is 55.7 Å². The van der Waals surface area contributed by atoms with Crippen molar-refractivity contribution in [2.45, 2.75) is 0 Å². The molecule has 0 saturated carbocycles. The van der Waals surface area contributed by atoms with Crippen LogP contribution in [0.15, 0.2) is 30.9 Å². The standard InChI is InChI=1S/C14H12N4O/c1-3-4-19-11-5-12-13(8-16-14(12)15-7-11)10-6-17-18(2)9-10/h1,5-9H,4H2,2H3,(H,15,16). The van der Waals surface area contributed by atoms with Gasteiger partial charge in [0.2, 0.25) is 0 Å². The lowest BCUT2D eigenvalue weighted by Crippen LogP contribution is -1.93. The van der Waals surface area contributed by atoms with Gasteiger partial charge in [-0.3, -0.25) is 4.68 Å². The second-order valence-electron chi connectivity index (χ2n) is 4.17. The SMILES string of the molecule is C#CCOc1cnc2[nH]cc(-c3cnn(C)c3)c2c1. The van der Waals surface area contributed by atoms with E-state index in [1.807, 2.05) is 31.7 Å². The molecular formula is C14H12N4O. The Hall–Kier alpha value is -2.74. The number of H-pyrrole nitrogens is 1. The van der Waals surface area contributed by atoms with Gasteiger partial charge in [-0.1, -0.05) is 5.92 Å². The number of hydrogen-bond donors (Lipinski definition) is 1. The first-order chi connectivity index (χ1) is 9.28. The van der Waals surface area contributed by atoms with Crippen LogP contribution in [-0.2, 0) is 7.05 Å². The summed E-state index contributed by atoms with van der Waals surface area (Å²) in [4.78, 5) is 7.45. The second-order valence-corrected chi connectivity index (χ2v) is 4.17. The van der Waals surface area contributed by atoms with Crippen LogP contribution in [0.5, 0.6) is 5.75 Å². The first-order valence-electron chi connectivity index (χ1n) is 5.80. The predicted octanol–water partition coefficient (Wildman–Crippen LogP) is 1.98. The fourth-order valence-electron chi connectivity index (χ4n) is 1.99. The first kappa shape index (κ1) is 11.4. The molecule has 0 amide bonds. The van der Waals surface area contributed by atoms with Crippen LogP contribution >= 0.6 is 0 Å². The van der Waals surface area contributed by atoms with E-state index in [0.717, 1.165) is 22.2 Å². The number of nitrogens with one attached hydrogen (secondary N) is 1. The average Bonchev–Trinajstić information content (AvgIpc) is 3.01. The number of aryl methyl sites for hydroxylation is 1. The summed E-state index contributed by atoms with van der Waals surface area (Å²) in [6.07, 6.45) is 12.5. The van der Waals surface area contributed by atoms with Crippen LogP contribution in [0.3, 0.4) is 0 Å². The summed E-state index contributed by atoms with van der Waals surface area (Å²) in [6, 6.07) is 1.93. The molecule has 0 aliphatic carbocycles.